The highest BCUT2D eigenvalue weighted by molar-refractivity contribution is 5.32. The molecule has 0 aliphatic heterocycles. The van der Waals surface area contributed by atoms with Crippen molar-refractivity contribution in [2.45, 2.75) is 26.1 Å². The van der Waals surface area contributed by atoms with E-state index >= 15 is 0 Å². The van der Waals surface area contributed by atoms with Gasteiger partial charge in [0.25, 0.3) is 0 Å². The van der Waals surface area contributed by atoms with Crippen molar-refractivity contribution in [2.24, 2.45) is 0 Å². The second kappa shape index (κ2) is 7.20. The molecule has 0 saturated carbocycles. The largest absolute Gasteiger partial charge is 0.494 e. The van der Waals surface area contributed by atoms with Gasteiger partial charge >= 0.3 is 0 Å². The first-order valence-corrected chi connectivity index (χ1v) is 6.90. The molecule has 21 heavy (non-hydrogen) atoms. The van der Waals surface area contributed by atoms with Crippen LogP contribution in [0.1, 0.15) is 29.7 Å². The van der Waals surface area contributed by atoms with Gasteiger partial charge in [0.15, 0.2) is 11.6 Å². The Balaban J connectivity index is 2.06. The van der Waals surface area contributed by atoms with Crippen LogP contribution in [-0.4, -0.2) is 12.2 Å². The maximum Gasteiger partial charge on any atom is 0.165 e. The minimum absolute atomic E-state index is 0.0244. The predicted octanol–water partition coefficient (Wildman–Crippen LogP) is 3.18. The van der Waals surface area contributed by atoms with Crippen molar-refractivity contribution in [1.29, 1.82) is 0 Å². The molecule has 0 radical (unpaired) electrons. The minimum atomic E-state index is -0.362. The number of methoxy groups -OCH3 is 1. The van der Waals surface area contributed by atoms with Crippen molar-refractivity contribution in [1.82, 2.24) is 5.32 Å². The summed E-state index contributed by atoms with van der Waals surface area (Å²) in [7, 11) is 1.46. The summed E-state index contributed by atoms with van der Waals surface area (Å²) in [6, 6.07) is 12.6. The van der Waals surface area contributed by atoms with Gasteiger partial charge in [-0.3, -0.25) is 0 Å². The third kappa shape index (κ3) is 3.80. The Morgan fingerprint density at radius 2 is 1.90 bits per heavy atom. The van der Waals surface area contributed by atoms with Gasteiger partial charge in [-0.15, -0.1) is 0 Å². The van der Waals surface area contributed by atoms with Gasteiger partial charge < -0.3 is 15.2 Å². The first kappa shape index (κ1) is 15.5. The van der Waals surface area contributed by atoms with Crippen LogP contribution in [0.5, 0.6) is 5.75 Å². The Morgan fingerprint density at radius 1 is 1.19 bits per heavy atom. The molecule has 0 heterocycles. The van der Waals surface area contributed by atoms with E-state index in [1.165, 1.54) is 13.2 Å². The van der Waals surface area contributed by atoms with E-state index in [2.05, 4.69) is 5.32 Å². The fourth-order valence-corrected chi connectivity index (χ4v) is 2.21. The Hall–Kier alpha value is -1.91. The molecule has 0 amide bonds. The number of nitrogens with one attached hydrogen (secondary N) is 1. The van der Waals surface area contributed by atoms with Gasteiger partial charge in [0, 0.05) is 12.6 Å². The maximum absolute atomic E-state index is 13.4. The summed E-state index contributed by atoms with van der Waals surface area (Å²) in [6.07, 6.45) is 0. The summed E-state index contributed by atoms with van der Waals surface area (Å²) in [5.41, 5.74) is 2.92. The molecule has 2 aromatic rings. The molecule has 0 aromatic heterocycles. The summed E-state index contributed by atoms with van der Waals surface area (Å²) in [4.78, 5) is 0. The van der Waals surface area contributed by atoms with E-state index in [-0.39, 0.29) is 24.2 Å². The molecular weight excluding hydrogens is 269 g/mol. The lowest BCUT2D eigenvalue weighted by Gasteiger charge is -2.16. The zero-order valence-electron chi connectivity index (χ0n) is 12.3. The van der Waals surface area contributed by atoms with Crippen LogP contribution in [0.3, 0.4) is 0 Å². The highest BCUT2D eigenvalue weighted by Gasteiger charge is 2.10. The number of aliphatic hydroxyl groups is 1. The molecule has 0 spiro atoms. The average molecular weight is 289 g/mol. The fourth-order valence-electron chi connectivity index (χ4n) is 2.21. The van der Waals surface area contributed by atoms with Gasteiger partial charge in [0.1, 0.15) is 0 Å². The third-order valence-electron chi connectivity index (χ3n) is 3.56. The van der Waals surface area contributed by atoms with Crippen LogP contribution in [0.4, 0.5) is 4.39 Å². The molecule has 2 N–H and O–H groups in total. The minimum Gasteiger partial charge on any atom is -0.494 e. The van der Waals surface area contributed by atoms with Crippen LogP contribution in [0, 0.1) is 5.82 Å². The van der Waals surface area contributed by atoms with E-state index in [9.17, 15) is 9.50 Å². The summed E-state index contributed by atoms with van der Waals surface area (Å²) >= 11 is 0. The average Bonchev–Trinajstić information content (AvgIpc) is 2.53. The second-order valence-electron chi connectivity index (χ2n) is 4.92. The number of halogens is 1. The van der Waals surface area contributed by atoms with Gasteiger partial charge in [-0.2, -0.15) is 0 Å². The van der Waals surface area contributed by atoms with Gasteiger partial charge in [-0.1, -0.05) is 30.3 Å². The first-order valence-electron chi connectivity index (χ1n) is 6.90. The molecule has 0 aliphatic carbocycles. The lowest BCUT2D eigenvalue weighted by Crippen LogP contribution is -2.19. The Morgan fingerprint density at radius 3 is 2.57 bits per heavy atom. The number of hydrogen-bond acceptors (Lipinski definition) is 3. The van der Waals surface area contributed by atoms with E-state index in [0.29, 0.717) is 6.54 Å². The second-order valence-corrected chi connectivity index (χ2v) is 4.92. The zero-order chi connectivity index (χ0) is 15.2. The number of hydrogen-bond donors (Lipinski definition) is 2. The van der Waals surface area contributed by atoms with Crippen molar-refractivity contribution < 1.29 is 14.2 Å². The molecule has 0 saturated heterocycles. The third-order valence-corrected chi connectivity index (χ3v) is 3.56. The summed E-state index contributed by atoms with van der Waals surface area (Å²) in [5, 5.41) is 12.7. The topological polar surface area (TPSA) is 41.5 Å². The lowest BCUT2D eigenvalue weighted by molar-refractivity contribution is 0.280. The number of ether oxygens (including phenoxy) is 1. The Kier molecular flexibility index (Phi) is 5.31. The lowest BCUT2D eigenvalue weighted by atomic mass is 10.1. The van der Waals surface area contributed by atoms with Crippen LogP contribution >= 0.6 is 0 Å². The number of benzene rings is 2. The van der Waals surface area contributed by atoms with Crippen LogP contribution in [0.15, 0.2) is 42.5 Å². The molecule has 112 valence electrons. The van der Waals surface area contributed by atoms with Gasteiger partial charge in [-0.25, -0.2) is 4.39 Å². The van der Waals surface area contributed by atoms with Crippen molar-refractivity contribution in [3.63, 3.8) is 0 Å². The first-order chi connectivity index (χ1) is 10.2. The fraction of sp³-hybridized carbons (Fsp3) is 0.294. The quantitative estimate of drug-likeness (QED) is 0.858. The summed E-state index contributed by atoms with van der Waals surface area (Å²) in [6.45, 7) is 2.67. The molecule has 2 rings (SSSR count). The van der Waals surface area contributed by atoms with E-state index in [1.807, 2.05) is 31.2 Å². The van der Waals surface area contributed by atoms with E-state index in [4.69, 9.17) is 4.74 Å². The maximum atomic E-state index is 13.4. The molecule has 2 aromatic carbocycles. The van der Waals surface area contributed by atoms with Crippen LogP contribution in [0.25, 0.3) is 0 Å². The zero-order valence-corrected chi connectivity index (χ0v) is 12.3. The molecule has 1 atom stereocenters. The smallest absolute Gasteiger partial charge is 0.165 e. The van der Waals surface area contributed by atoms with E-state index < -0.39 is 0 Å². The molecule has 1 unspecified atom stereocenters. The van der Waals surface area contributed by atoms with Crippen LogP contribution < -0.4 is 10.1 Å². The molecular formula is C17H20FNO2. The predicted molar refractivity (Wildman–Crippen MR) is 80.6 cm³/mol. The van der Waals surface area contributed by atoms with Gasteiger partial charge in [0.2, 0.25) is 0 Å². The SMILES string of the molecule is COc1cc(C(C)NCc2ccccc2CO)ccc1F. The molecule has 3 nitrogen and oxygen atoms in total. The highest BCUT2D eigenvalue weighted by atomic mass is 19.1. The number of aliphatic hydroxyl groups excluding tert-OH is 1. The van der Waals surface area contributed by atoms with E-state index in [0.717, 1.165) is 16.7 Å². The standard InChI is InChI=1S/C17H20FNO2/c1-12(13-7-8-16(18)17(9-13)21-2)19-10-14-5-3-4-6-15(14)11-20/h3-9,12,19-20H,10-11H2,1-2H3. The van der Waals surface area contributed by atoms with Gasteiger partial charge in [-0.05, 0) is 35.7 Å². The van der Waals surface area contributed by atoms with Crippen LogP contribution in [-0.2, 0) is 13.2 Å². The Bertz CT molecular complexity index is 601. The monoisotopic (exact) mass is 289 g/mol. The van der Waals surface area contributed by atoms with Crippen molar-refractivity contribution in [3.8, 4) is 5.75 Å². The van der Waals surface area contributed by atoms with Crippen LogP contribution in [0.2, 0.25) is 0 Å². The number of rotatable bonds is 6. The highest BCUT2D eigenvalue weighted by Crippen LogP contribution is 2.23. The van der Waals surface area contributed by atoms with Crippen molar-refractivity contribution in [2.75, 3.05) is 7.11 Å². The molecule has 4 heteroatoms. The Labute approximate surface area is 124 Å². The summed E-state index contributed by atoms with van der Waals surface area (Å²) < 4.78 is 18.4. The molecule has 0 bridgehead atoms. The molecule has 0 aliphatic rings. The normalized spacial score (nSPS) is 12.2. The van der Waals surface area contributed by atoms with Gasteiger partial charge in [0.05, 0.1) is 13.7 Å². The van der Waals surface area contributed by atoms with Crippen molar-refractivity contribution in [3.05, 3.63) is 65.0 Å². The summed E-state index contributed by atoms with van der Waals surface area (Å²) in [5.74, 6) is -0.115. The molecule has 0 fully saturated rings. The van der Waals surface area contributed by atoms with E-state index in [1.54, 1.807) is 12.1 Å². The van der Waals surface area contributed by atoms with Crippen molar-refractivity contribution >= 4 is 0 Å².